The van der Waals surface area contributed by atoms with Crippen LogP contribution in [0.15, 0.2) is 48.9 Å². The van der Waals surface area contributed by atoms with Gasteiger partial charge in [-0.15, -0.1) is 0 Å². The van der Waals surface area contributed by atoms with Gasteiger partial charge in [0.1, 0.15) is 6.04 Å². The van der Waals surface area contributed by atoms with E-state index in [-0.39, 0.29) is 11.6 Å². The van der Waals surface area contributed by atoms with E-state index in [2.05, 4.69) is 15.5 Å². The van der Waals surface area contributed by atoms with Gasteiger partial charge in [0.15, 0.2) is 5.69 Å². The van der Waals surface area contributed by atoms with Crippen molar-refractivity contribution < 1.29 is 14.7 Å². The number of carboxylic acids is 1. The highest BCUT2D eigenvalue weighted by Crippen LogP contribution is 2.13. The first-order valence-electron chi connectivity index (χ1n) is 8.09. The van der Waals surface area contributed by atoms with E-state index in [4.69, 9.17) is 5.11 Å². The predicted molar refractivity (Wildman–Crippen MR) is 95.0 cm³/mol. The Morgan fingerprint density at radius 1 is 1.23 bits per heavy atom. The molecule has 0 aliphatic rings. The van der Waals surface area contributed by atoms with Crippen molar-refractivity contribution in [1.29, 1.82) is 0 Å². The number of nitrogens with one attached hydrogen (secondary N) is 1. The third kappa shape index (κ3) is 3.97. The lowest BCUT2D eigenvalue weighted by Crippen LogP contribution is -2.24. The molecule has 8 nitrogen and oxygen atoms in total. The van der Waals surface area contributed by atoms with Gasteiger partial charge < -0.3 is 10.4 Å². The minimum atomic E-state index is -1.13. The molecule has 2 aromatic heterocycles. The molecule has 1 atom stereocenters. The smallest absolute Gasteiger partial charge is 0.356 e. The van der Waals surface area contributed by atoms with Crippen molar-refractivity contribution in [3.8, 4) is 0 Å². The lowest BCUT2D eigenvalue weighted by Gasteiger charge is -2.11. The summed E-state index contributed by atoms with van der Waals surface area (Å²) < 4.78 is 3.05. The highest BCUT2D eigenvalue weighted by molar-refractivity contribution is 5.93. The summed E-state index contributed by atoms with van der Waals surface area (Å²) in [7, 11) is 0. The fourth-order valence-electron chi connectivity index (χ4n) is 2.43. The molecule has 0 fully saturated rings. The van der Waals surface area contributed by atoms with Crippen molar-refractivity contribution in [2.24, 2.45) is 0 Å². The highest BCUT2D eigenvalue weighted by Gasteiger charge is 2.18. The van der Waals surface area contributed by atoms with Gasteiger partial charge in [-0.25, -0.2) is 4.79 Å². The lowest BCUT2D eigenvalue weighted by molar-refractivity contribution is -0.119. The average Bonchev–Trinajstić information content (AvgIpc) is 3.26. The number of anilines is 1. The van der Waals surface area contributed by atoms with Crippen molar-refractivity contribution in [2.75, 3.05) is 5.32 Å². The average molecular weight is 353 g/mol. The zero-order chi connectivity index (χ0) is 18.7. The van der Waals surface area contributed by atoms with E-state index in [1.807, 2.05) is 31.2 Å². The van der Waals surface area contributed by atoms with Crippen LogP contribution >= 0.6 is 0 Å². The first-order chi connectivity index (χ1) is 12.4. The first kappa shape index (κ1) is 17.4. The van der Waals surface area contributed by atoms with Gasteiger partial charge in [0.2, 0.25) is 5.91 Å². The summed E-state index contributed by atoms with van der Waals surface area (Å²) in [5.74, 6) is -1.44. The van der Waals surface area contributed by atoms with E-state index in [1.54, 1.807) is 24.0 Å². The molecule has 0 saturated heterocycles. The molecule has 2 heterocycles. The van der Waals surface area contributed by atoms with Gasteiger partial charge in [-0.05, 0) is 25.5 Å². The maximum absolute atomic E-state index is 12.3. The molecular weight excluding hydrogens is 334 g/mol. The normalized spacial score (nSPS) is 11.9. The molecule has 0 saturated carbocycles. The Hall–Kier alpha value is -3.42. The minimum Gasteiger partial charge on any atom is -0.476 e. The number of carboxylic acid groups (broad SMARTS) is 1. The lowest BCUT2D eigenvalue weighted by atomic mass is 10.1. The molecule has 134 valence electrons. The second-order valence-electron chi connectivity index (χ2n) is 6.06. The van der Waals surface area contributed by atoms with Crippen LogP contribution in [0.25, 0.3) is 0 Å². The van der Waals surface area contributed by atoms with E-state index >= 15 is 0 Å². The summed E-state index contributed by atoms with van der Waals surface area (Å²) in [6.07, 6.45) is 4.79. The maximum atomic E-state index is 12.3. The van der Waals surface area contributed by atoms with E-state index < -0.39 is 12.0 Å². The van der Waals surface area contributed by atoms with Crippen molar-refractivity contribution in [1.82, 2.24) is 19.6 Å². The molecule has 1 amide bonds. The number of aryl methyl sites for hydroxylation is 1. The van der Waals surface area contributed by atoms with E-state index in [0.29, 0.717) is 12.2 Å². The molecule has 0 bridgehead atoms. The fourth-order valence-corrected chi connectivity index (χ4v) is 2.43. The maximum Gasteiger partial charge on any atom is 0.356 e. The van der Waals surface area contributed by atoms with Crippen LogP contribution in [0.1, 0.15) is 34.6 Å². The molecular formula is C18H19N5O3. The van der Waals surface area contributed by atoms with Crippen LogP contribution in [0, 0.1) is 6.92 Å². The zero-order valence-corrected chi connectivity index (χ0v) is 14.5. The van der Waals surface area contributed by atoms with E-state index in [9.17, 15) is 9.59 Å². The van der Waals surface area contributed by atoms with E-state index in [1.165, 1.54) is 22.5 Å². The Bertz CT molecular complexity index is 926. The molecule has 8 heteroatoms. The predicted octanol–water partition coefficient (Wildman–Crippen LogP) is 2.33. The Morgan fingerprint density at radius 3 is 2.62 bits per heavy atom. The van der Waals surface area contributed by atoms with Crippen LogP contribution in [-0.4, -0.2) is 36.5 Å². The Labute approximate surface area is 150 Å². The number of nitrogens with zero attached hydrogens (tertiary/aromatic N) is 4. The number of benzene rings is 1. The Morgan fingerprint density at radius 2 is 1.96 bits per heavy atom. The van der Waals surface area contributed by atoms with Gasteiger partial charge in [0.05, 0.1) is 18.4 Å². The molecule has 2 N–H and O–H groups in total. The monoisotopic (exact) mass is 353 g/mol. The molecule has 1 aromatic carbocycles. The summed E-state index contributed by atoms with van der Waals surface area (Å²) in [6, 6.07) is 8.86. The van der Waals surface area contributed by atoms with Crippen LogP contribution < -0.4 is 5.32 Å². The number of aromatic nitrogens is 4. The van der Waals surface area contributed by atoms with E-state index in [0.717, 1.165) is 5.56 Å². The van der Waals surface area contributed by atoms with Crippen LogP contribution in [0.2, 0.25) is 0 Å². The molecule has 26 heavy (non-hydrogen) atoms. The molecule has 0 radical (unpaired) electrons. The molecule has 0 spiro atoms. The molecule has 0 aliphatic heterocycles. The summed E-state index contributed by atoms with van der Waals surface area (Å²) in [4.78, 5) is 23.2. The Kier molecular flexibility index (Phi) is 4.83. The van der Waals surface area contributed by atoms with Crippen molar-refractivity contribution >= 4 is 17.6 Å². The van der Waals surface area contributed by atoms with Crippen LogP contribution in [0.5, 0.6) is 0 Å². The molecule has 0 aliphatic carbocycles. The second-order valence-corrected chi connectivity index (χ2v) is 6.06. The van der Waals surface area contributed by atoms with Crippen LogP contribution in [0.4, 0.5) is 5.69 Å². The Balaban J connectivity index is 1.63. The van der Waals surface area contributed by atoms with Crippen molar-refractivity contribution in [3.05, 3.63) is 65.7 Å². The molecule has 3 rings (SSSR count). The number of hydrogen-bond acceptors (Lipinski definition) is 4. The first-order valence-corrected chi connectivity index (χ1v) is 8.09. The second kappa shape index (κ2) is 7.22. The summed E-state index contributed by atoms with van der Waals surface area (Å²) in [6.45, 7) is 4.28. The number of hydrogen-bond donors (Lipinski definition) is 2. The van der Waals surface area contributed by atoms with Gasteiger partial charge in [-0.3, -0.25) is 14.2 Å². The largest absolute Gasteiger partial charge is 0.476 e. The number of carbonyl (C=O) groups is 2. The quantitative estimate of drug-likeness (QED) is 0.708. The number of aromatic carboxylic acids is 1. The van der Waals surface area contributed by atoms with Crippen LogP contribution in [0.3, 0.4) is 0 Å². The minimum absolute atomic E-state index is 0.101. The van der Waals surface area contributed by atoms with Gasteiger partial charge in [0.25, 0.3) is 0 Å². The summed E-state index contributed by atoms with van der Waals surface area (Å²) in [5.41, 5.74) is 2.78. The van der Waals surface area contributed by atoms with Gasteiger partial charge in [-0.2, -0.15) is 10.2 Å². The highest BCUT2D eigenvalue weighted by atomic mass is 16.4. The third-order valence-corrected chi connectivity index (χ3v) is 3.97. The molecule has 3 aromatic rings. The zero-order valence-electron chi connectivity index (χ0n) is 14.5. The standard InChI is InChI=1S/C18H19N5O3/c1-12-3-5-14(6-4-12)10-22-11-15(9-19-22)20-17(24)13(2)23-8-7-16(21-23)18(25)26/h3-9,11,13H,10H2,1-2H3,(H,20,24)(H,25,26). The fraction of sp³-hybridized carbons (Fsp3) is 0.222. The van der Waals surface area contributed by atoms with Gasteiger partial charge >= 0.3 is 5.97 Å². The summed E-state index contributed by atoms with van der Waals surface area (Å²) >= 11 is 0. The number of amides is 1. The molecule has 1 unspecified atom stereocenters. The SMILES string of the molecule is Cc1ccc(Cn2cc(NC(=O)C(C)n3ccc(C(=O)O)n3)cn2)cc1. The van der Waals surface area contributed by atoms with Crippen molar-refractivity contribution in [2.45, 2.75) is 26.4 Å². The number of rotatable bonds is 6. The number of carbonyl (C=O) groups excluding carboxylic acids is 1. The van der Waals surface area contributed by atoms with Gasteiger partial charge in [-0.1, -0.05) is 29.8 Å². The summed E-state index contributed by atoms with van der Waals surface area (Å²) in [5, 5.41) is 19.8. The van der Waals surface area contributed by atoms with Crippen molar-refractivity contribution in [3.63, 3.8) is 0 Å². The topological polar surface area (TPSA) is 102 Å². The van der Waals surface area contributed by atoms with Gasteiger partial charge in [0, 0.05) is 12.4 Å². The van der Waals surface area contributed by atoms with Crippen LogP contribution in [-0.2, 0) is 11.3 Å². The third-order valence-electron chi connectivity index (χ3n) is 3.97.